The van der Waals surface area contributed by atoms with Gasteiger partial charge >= 0.3 is 0 Å². The van der Waals surface area contributed by atoms with Crippen molar-refractivity contribution in [3.05, 3.63) is 53.0 Å². The van der Waals surface area contributed by atoms with Gasteiger partial charge in [-0.3, -0.25) is 0 Å². The number of rotatable bonds is 7. The molecule has 1 N–H and O–H groups in total. The first-order valence-corrected chi connectivity index (χ1v) is 11.0. The molecule has 1 unspecified atom stereocenters. The molecule has 0 saturated carbocycles. The van der Waals surface area contributed by atoms with Crippen molar-refractivity contribution in [2.45, 2.75) is 66.5 Å². The highest BCUT2D eigenvalue weighted by atomic mass is 19.1. The molecule has 0 aliphatic carbocycles. The smallest absolute Gasteiger partial charge is 0.124 e. The molecule has 158 valence electrons. The fourth-order valence-electron chi connectivity index (χ4n) is 4.31. The van der Waals surface area contributed by atoms with E-state index in [4.69, 9.17) is 0 Å². The summed E-state index contributed by atoms with van der Waals surface area (Å²) in [6.07, 6.45) is 7.90. The second-order valence-corrected chi connectivity index (χ2v) is 8.58. The molecule has 1 aromatic carbocycles. The van der Waals surface area contributed by atoms with E-state index < -0.39 is 0 Å². The maximum atomic E-state index is 14.1. The van der Waals surface area contributed by atoms with Crippen LogP contribution in [0.4, 0.5) is 10.1 Å². The summed E-state index contributed by atoms with van der Waals surface area (Å²) in [5.74, 6) is -0.161. The van der Waals surface area contributed by atoms with Crippen LogP contribution in [0.2, 0.25) is 0 Å². The largest absolute Gasteiger partial charge is 0.367 e. The Morgan fingerprint density at radius 1 is 1.24 bits per heavy atom. The van der Waals surface area contributed by atoms with Crippen LogP contribution in [0, 0.1) is 12.7 Å². The predicted octanol–water partition coefficient (Wildman–Crippen LogP) is 5.97. The number of hydrogen-bond acceptors (Lipinski definition) is 2. The van der Waals surface area contributed by atoms with Gasteiger partial charge in [-0.2, -0.15) is 0 Å². The van der Waals surface area contributed by atoms with Gasteiger partial charge in [0.25, 0.3) is 0 Å². The van der Waals surface area contributed by atoms with Gasteiger partial charge in [0.2, 0.25) is 0 Å². The molecule has 2 heterocycles. The zero-order valence-electron chi connectivity index (χ0n) is 18.7. The summed E-state index contributed by atoms with van der Waals surface area (Å²) in [4.78, 5) is 2.45. The summed E-state index contributed by atoms with van der Waals surface area (Å²) >= 11 is 0. The van der Waals surface area contributed by atoms with Crippen LogP contribution in [-0.4, -0.2) is 30.2 Å². The Balaban J connectivity index is 1.92. The van der Waals surface area contributed by atoms with Crippen LogP contribution in [-0.2, 0) is 6.54 Å². The monoisotopic (exact) mass is 397 g/mol. The van der Waals surface area contributed by atoms with Crippen molar-refractivity contribution in [3.63, 3.8) is 0 Å². The van der Waals surface area contributed by atoms with Gasteiger partial charge < -0.3 is 14.8 Å². The molecule has 1 saturated heterocycles. The molecule has 1 fully saturated rings. The number of piperazine rings is 1. The molecule has 0 radical (unpaired) electrons. The summed E-state index contributed by atoms with van der Waals surface area (Å²) < 4.78 is 16.5. The Hall–Kier alpha value is -2.07. The van der Waals surface area contributed by atoms with Gasteiger partial charge in [0.1, 0.15) is 5.82 Å². The van der Waals surface area contributed by atoms with Crippen molar-refractivity contribution in [1.29, 1.82) is 0 Å². The van der Waals surface area contributed by atoms with E-state index in [0.717, 1.165) is 56.3 Å². The molecule has 29 heavy (non-hydrogen) atoms. The van der Waals surface area contributed by atoms with E-state index >= 15 is 0 Å². The molecule has 2 aromatic rings. The maximum absolute atomic E-state index is 14.1. The topological polar surface area (TPSA) is 20.2 Å². The highest BCUT2D eigenvalue weighted by Crippen LogP contribution is 2.35. The minimum Gasteiger partial charge on any atom is -0.367 e. The molecule has 4 heteroatoms. The quantitative estimate of drug-likeness (QED) is 0.581. The minimum absolute atomic E-state index is 0.161. The van der Waals surface area contributed by atoms with Crippen LogP contribution in [0.3, 0.4) is 0 Å². The molecule has 3 rings (SSSR count). The highest BCUT2D eigenvalue weighted by Gasteiger charge is 2.24. The molecule has 0 amide bonds. The molecule has 0 spiro atoms. The Morgan fingerprint density at radius 2 is 2.03 bits per heavy atom. The zero-order chi connectivity index (χ0) is 21.0. The number of aromatic nitrogens is 1. The number of nitrogens with zero attached hydrogens (tertiary/aromatic N) is 2. The number of hydrogen-bond donors (Lipinski definition) is 1. The molecule has 3 nitrogen and oxygen atoms in total. The first-order valence-electron chi connectivity index (χ1n) is 11.0. The molecule has 1 aliphatic heterocycles. The fourth-order valence-corrected chi connectivity index (χ4v) is 4.31. The van der Waals surface area contributed by atoms with Crippen molar-refractivity contribution in [3.8, 4) is 0 Å². The van der Waals surface area contributed by atoms with Crippen molar-refractivity contribution in [2.75, 3.05) is 24.5 Å². The molecule has 0 bridgehead atoms. The SMILES string of the molecule is CCC1CN(c2c(C)n(CC=C(C)CCC=C(C)C)c3ccc(F)cc23)CCN1. The standard InChI is InChI=1S/C25H36FN3/c1-6-22-17-28(15-13-27-22)25-20(5)29(24-11-10-21(26)16-23(24)25)14-12-19(4)9-7-8-18(2)3/h8,10-12,16,22,27H,6-7,9,13-15,17H2,1-5H3. The van der Waals surface area contributed by atoms with Crippen LogP contribution in [0.1, 0.15) is 52.7 Å². The average Bonchev–Trinajstić information content (AvgIpc) is 2.96. The van der Waals surface area contributed by atoms with Crippen LogP contribution in [0.15, 0.2) is 41.5 Å². The lowest BCUT2D eigenvalue weighted by Crippen LogP contribution is -2.50. The second kappa shape index (κ2) is 9.62. The third-order valence-electron chi connectivity index (χ3n) is 6.03. The van der Waals surface area contributed by atoms with E-state index in [-0.39, 0.29) is 5.82 Å². The van der Waals surface area contributed by atoms with E-state index in [2.05, 4.69) is 61.6 Å². The lowest BCUT2D eigenvalue weighted by molar-refractivity contribution is 0.447. The Bertz CT molecular complexity index is 902. The zero-order valence-corrected chi connectivity index (χ0v) is 18.7. The normalized spacial score (nSPS) is 17.8. The van der Waals surface area contributed by atoms with E-state index in [1.807, 2.05) is 6.07 Å². The van der Waals surface area contributed by atoms with Crippen LogP contribution >= 0.6 is 0 Å². The van der Waals surface area contributed by atoms with Crippen LogP contribution in [0.25, 0.3) is 10.9 Å². The number of allylic oxidation sites excluding steroid dienone is 4. The molecule has 1 aromatic heterocycles. The highest BCUT2D eigenvalue weighted by molar-refractivity contribution is 5.95. The van der Waals surface area contributed by atoms with E-state index in [0.29, 0.717) is 6.04 Å². The summed E-state index contributed by atoms with van der Waals surface area (Å²) in [6.45, 7) is 14.7. The molecule has 1 atom stereocenters. The average molecular weight is 398 g/mol. The predicted molar refractivity (Wildman–Crippen MR) is 123 cm³/mol. The molecular weight excluding hydrogens is 361 g/mol. The van der Waals surface area contributed by atoms with Gasteiger partial charge in [-0.1, -0.05) is 30.2 Å². The molecular formula is C25H36FN3. The summed E-state index contributed by atoms with van der Waals surface area (Å²) in [7, 11) is 0. The summed E-state index contributed by atoms with van der Waals surface area (Å²) in [6, 6.07) is 5.72. The Morgan fingerprint density at radius 3 is 2.76 bits per heavy atom. The second-order valence-electron chi connectivity index (χ2n) is 8.58. The lowest BCUT2D eigenvalue weighted by atomic mass is 10.1. The first-order chi connectivity index (χ1) is 13.9. The first kappa shape index (κ1) is 21.6. The lowest BCUT2D eigenvalue weighted by Gasteiger charge is -2.35. The van der Waals surface area contributed by atoms with Crippen LogP contribution < -0.4 is 10.2 Å². The number of anilines is 1. The van der Waals surface area contributed by atoms with E-state index in [1.165, 1.54) is 22.5 Å². The third kappa shape index (κ3) is 5.11. The van der Waals surface area contributed by atoms with E-state index in [1.54, 1.807) is 12.1 Å². The summed E-state index contributed by atoms with van der Waals surface area (Å²) in [5.41, 5.74) is 6.34. The number of nitrogens with one attached hydrogen (secondary N) is 1. The van der Waals surface area contributed by atoms with Crippen molar-refractivity contribution in [2.24, 2.45) is 0 Å². The number of fused-ring (bicyclic) bond motifs is 1. The van der Waals surface area contributed by atoms with E-state index in [9.17, 15) is 4.39 Å². The van der Waals surface area contributed by atoms with Gasteiger partial charge in [0, 0.05) is 43.3 Å². The van der Waals surface area contributed by atoms with Crippen molar-refractivity contribution < 1.29 is 4.39 Å². The summed E-state index contributed by atoms with van der Waals surface area (Å²) in [5, 5.41) is 4.62. The van der Waals surface area contributed by atoms with Gasteiger partial charge in [-0.15, -0.1) is 0 Å². The Labute approximate surface area is 175 Å². The van der Waals surface area contributed by atoms with Gasteiger partial charge in [0.15, 0.2) is 0 Å². The Kier molecular flexibility index (Phi) is 7.18. The molecule has 1 aliphatic rings. The van der Waals surface area contributed by atoms with Gasteiger partial charge in [-0.05, 0) is 65.2 Å². The van der Waals surface area contributed by atoms with Crippen molar-refractivity contribution in [1.82, 2.24) is 9.88 Å². The van der Waals surface area contributed by atoms with Crippen LogP contribution in [0.5, 0.6) is 0 Å². The fraction of sp³-hybridized carbons (Fsp3) is 0.520. The van der Waals surface area contributed by atoms with Gasteiger partial charge in [-0.25, -0.2) is 4.39 Å². The third-order valence-corrected chi connectivity index (χ3v) is 6.03. The maximum Gasteiger partial charge on any atom is 0.124 e. The van der Waals surface area contributed by atoms with Crippen molar-refractivity contribution >= 4 is 16.6 Å². The minimum atomic E-state index is -0.161. The number of benzene rings is 1. The number of halogens is 1. The van der Waals surface area contributed by atoms with Gasteiger partial charge in [0.05, 0.1) is 11.2 Å².